The van der Waals surface area contributed by atoms with Gasteiger partial charge in [-0.05, 0) is 62.6 Å². The van der Waals surface area contributed by atoms with Crippen molar-refractivity contribution >= 4 is 45.9 Å². The molecule has 4 saturated heterocycles. The second-order valence-electron chi connectivity index (χ2n) is 17.2. The van der Waals surface area contributed by atoms with Crippen molar-refractivity contribution in [3.05, 3.63) is 70.2 Å². The number of amides is 3. The van der Waals surface area contributed by atoms with Crippen LogP contribution in [0.3, 0.4) is 0 Å². The predicted molar refractivity (Wildman–Crippen MR) is 223 cm³/mol. The third-order valence-electron chi connectivity index (χ3n) is 13.3. The molecule has 5 aromatic rings. The number of aryl methyl sites for hydroxylation is 1. The molecule has 3 amide bonds. The van der Waals surface area contributed by atoms with Crippen molar-refractivity contribution in [3.63, 3.8) is 0 Å². The summed E-state index contributed by atoms with van der Waals surface area (Å²) in [5, 5.41) is 13.6. The number of nitrogens with one attached hydrogen (secondary N) is 2. The van der Waals surface area contributed by atoms with E-state index in [0.717, 1.165) is 77.2 Å². The van der Waals surface area contributed by atoms with Crippen molar-refractivity contribution in [2.45, 2.75) is 75.6 Å². The first kappa shape index (κ1) is 40.1. The van der Waals surface area contributed by atoms with Gasteiger partial charge in [0.05, 0.1) is 59.8 Å². The Labute approximate surface area is 355 Å². The smallest absolute Gasteiger partial charge is 0.329 e. The molecule has 4 aliphatic heterocycles. The first-order valence-corrected chi connectivity index (χ1v) is 21.5. The number of piperidine rings is 1. The van der Waals surface area contributed by atoms with Crippen LogP contribution in [0.2, 0.25) is 0 Å². The zero-order chi connectivity index (χ0) is 42.6. The minimum atomic E-state index is -2.86. The monoisotopic (exact) mass is 850 g/mol. The maximum Gasteiger partial charge on any atom is 0.329 e. The van der Waals surface area contributed by atoms with Gasteiger partial charge in [-0.25, -0.2) is 23.1 Å². The average molecular weight is 851 g/mol. The van der Waals surface area contributed by atoms with Gasteiger partial charge in [0.2, 0.25) is 11.8 Å². The summed E-state index contributed by atoms with van der Waals surface area (Å²) in [6.07, 6.45) is 6.91. The number of anilines is 2. The summed E-state index contributed by atoms with van der Waals surface area (Å²) in [7, 11) is 1.68. The van der Waals surface area contributed by atoms with E-state index in [0.29, 0.717) is 41.3 Å². The van der Waals surface area contributed by atoms with Crippen LogP contribution in [0.5, 0.6) is 0 Å². The number of rotatable bonds is 9. The molecule has 19 heteroatoms. The SMILES string of the molecule is Cn1c(=O)n(C2CCC(=O)NC2=O)c2cccc(C#CCN3CCN(C[C@H]4CC[C@H](n5cc(NC(=O)c6cnn7ccc(N8C[C@@H]9C[C@H]8CO9)nc67)c(C(F)F)n5)CC4)CC3)c21. The first-order chi connectivity index (χ1) is 30.1. The Balaban J connectivity index is 0.718. The number of fused-ring (bicyclic) bond motifs is 4. The number of nitrogens with zero attached hydrogens (tertiary/aromatic N) is 10. The lowest BCUT2D eigenvalue weighted by molar-refractivity contribution is -0.135. The fourth-order valence-corrected chi connectivity index (χ4v) is 10.0. The fourth-order valence-electron chi connectivity index (χ4n) is 10.0. The van der Waals surface area contributed by atoms with Crippen molar-refractivity contribution in [2.24, 2.45) is 13.0 Å². The van der Waals surface area contributed by atoms with Gasteiger partial charge in [-0.15, -0.1) is 0 Å². The zero-order valence-corrected chi connectivity index (χ0v) is 34.4. The molecule has 0 radical (unpaired) electrons. The largest absolute Gasteiger partial charge is 0.374 e. The fraction of sp³-hybridized carbons (Fsp3) is 0.512. The van der Waals surface area contributed by atoms with E-state index in [1.165, 1.54) is 26.0 Å². The number of carbonyl (C=O) groups is 3. The van der Waals surface area contributed by atoms with Gasteiger partial charge in [-0.3, -0.25) is 38.4 Å². The van der Waals surface area contributed by atoms with Gasteiger partial charge in [0.15, 0.2) is 11.3 Å². The summed E-state index contributed by atoms with van der Waals surface area (Å²) in [6, 6.07) is 6.83. The highest BCUT2D eigenvalue weighted by atomic mass is 19.3. The number of hydrogen-bond acceptors (Lipinski definition) is 11. The molecular formula is C43H48F2N12O5. The predicted octanol–water partition coefficient (Wildman–Crippen LogP) is 3.12. The van der Waals surface area contributed by atoms with E-state index >= 15 is 0 Å². The second kappa shape index (κ2) is 16.4. The molecule has 62 heavy (non-hydrogen) atoms. The van der Waals surface area contributed by atoms with Gasteiger partial charge in [0, 0.05) is 65.1 Å². The normalized spacial score (nSPS) is 24.6. The van der Waals surface area contributed by atoms with E-state index in [-0.39, 0.29) is 53.9 Å². The van der Waals surface area contributed by atoms with Crippen molar-refractivity contribution in [2.75, 3.05) is 62.6 Å². The zero-order valence-electron chi connectivity index (χ0n) is 34.4. The van der Waals surface area contributed by atoms with Crippen LogP contribution in [0.1, 0.15) is 85.1 Å². The Kier molecular flexibility index (Phi) is 10.6. The lowest BCUT2D eigenvalue weighted by Gasteiger charge is -2.37. The molecule has 1 aliphatic carbocycles. The topological polar surface area (TPSA) is 169 Å². The van der Waals surface area contributed by atoms with Crippen LogP contribution in [-0.4, -0.2) is 126 Å². The molecule has 10 rings (SSSR count). The number of ether oxygens (including phenoxy) is 1. The van der Waals surface area contributed by atoms with Gasteiger partial charge in [0.1, 0.15) is 17.4 Å². The summed E-state index contributed by atoms with van der Waals surface area (Å²) in [5.74, 6) is 6.41. The van der Waals surface area contributed by atoms with Crippen molar-refractivity contribution < 1.29 is 27.9 Å². The second-order valence-corrected chi connectivity index (χ2v) is 17.2. The molecule has 3 atom stereocenters. The molecule has 1 unspecified atom stereocenters. The molecule has 1 aromatic carbocycles. The number of imidazole rings is 1. The van der Waals surface area contributed by atoms with Crippen LogP contribution in [0, 0.1) is 17.8 Å². The summed E-state index contributed by atoms with van der Waals surface area (Å²) in [5.41, 5.74) is 1.75. The van der Waals surface area contributed by atoms with Gasteiger partial charge in [-0.2, -0.15) is 10.2 Å². The van der Waals surface area contributed by atoms with E-state index < -0.39 is 30.0 Å². The minimum absolute atomic E-state index is 0.00858. The van der Waals surface area contributed by atoms with Crippen LogP contribution in [-0.2, 0) is 21.4 Å². The number of para-hydroxylation sites is 1. The maximum atomic E-state index is 14.3. The number of morpholine rings is 1. The Morgan fingerprint density at radius 2 is 1.84 bits per heavy atom. The molecule has 8 heterocycles. The van der Waals surface area contributed by atoms with Gasteiger partial charge in [0.25, 0.3) is 12.3 Å². The number of hydrogen-bond donors (Lipinski definition) is 2. The maximum absolute atomic E-state index is 14.3. The molecule has 1 saturated carbocycles. The Hall–Kier alpha value is -5.97. The third-order valence-corrected chi connectivity index (χ3v) is 13.3. The quantitative estimate of drug-likeness (QED) is 0.165. The van der Waals surface area contributed by atoms with Crippen LogP contribution in [0.15, 0.2) is 47.7 Å². The highest BCUT2D eigenvalue weighted by Crippen LogP contribution is 2.36. The average Bonchev–Trinajstić information content (AvgIpc) is 4.12. The van der Waals surface area contributed by atoms with E-state index in [9.17, 15) is 28.0 Å². The van der Waals surface area contributed by atoms with E-state index in [1.807, 2.05) is 24.3 Å². The van der Waals surface area contributed by atoms with Crippen LogP contribution >= 0.6 is 0 Å². The van der Waals surface area contributed by atoms with Crippen molar-refractivity contribution in [1.82, 2.24) is 48.6 Å². The van der Waals surface area contributed by atoms with Crippen LogP contribution in [0.4, 0.5) is 20.3 Å². The van der Waals surface area contributed by atoms with Gasteiger partial charge < -0.3 is 19.9 Å². The molecule has 2 N–H and O–H groups in total. The molecule has 17 nitrogen and oxygen atoms in total. The first-order valence-electron chi connectivity index (χ1n) is 21.5. The summed E-state index contributed by atoms with van der Waals surface area (Å²) >= 11 is 0. The van der Waals surface area contributed by atoms with Gasteiger partial charge >= 0.3 is 5.69 Å². The highest BCUT2D eigenvalue weighted by Gasteiger charge is 2.40. The number of alkyl halides is 2. The summed E-state index contributed by atoms with van der Waals surface area (Å²) < 4.78 is 40.4. The number of imide groups is 1. The van der Waals surface area contributed by atoms with Gasteiger partial charge in [-0.1, -0.05) is 17.9 Å². The number of piperazine rings is 1. The number of benzene rings is 1. The van der Waals surface area contributed by atoms with Crippen LogP contribution < -0.4 is 21.2 Å². The number of carbonyl (C=O) groups excluding carboxylic acids is 3. The molecule has 5 aliphatic rings. The number of aromatic nitrogens is 7. The van der Waals surface area contributed by atoms with Crippen molar-refractivity contribution in [3.8, 4) is 11.8 Å². The number of halogens is 2. The Morgan fingerprint density at radius 3 is 2.58 bits per heavy atom. The molecule has 2 bridgehead atoms. The molecular weight excluding hydrogens is 803 g/mol. The minimum Gasteiger partial charge on any atom is -0.374 e. The molecule has 5 fully saturated rings. The van der Waals surface area contributed by atoms with Crippen LogP contribution in [0.25, 0.3) is 16.7 Å². The van der Waals surface area contributed by atoms with Crippen molar-refractivity contribution in [1.29, 1.82) is 0 Å². The van der Waals surface area contributed by atoms with E-state index in [2.05, 4.69) is 47.4 Å². The molecule has 0 spiro atoms. The highest BCUT2D eigenvalue weighted by molar-refractivity contribution is 6.08. The van der Waals surface area contributed by atoms with E-state index in [4.69, 9.17) is 9.72 Å². The van der Waals surface area contributed by atoms with E-state index in [1.54, 1.807) is 17.9 Å². The Bertz CT molecular complexity index is 2680. The lowest BCUT2D eigenvalue weighted by atomic mass is 9.85. The molecule has 4 aromatic heterocycles. The summed E-state index contributed by atoms with van der Waals surface area (Å²) in [4.78, 5) is 62.9. The molecule has 324 valence electrons. The Morgan fingerprint density at radius 1 is 1.03 bits per heavy atom. The third kappa shape index (κ3) is 7.53. The standard InChI is InChI=1S/C43H48F2N12O5/c1-51-38-27(4-2-6-33(38)57(43(51)61)34-11-12-36(58)49-42(34)60)5-3-14-52-16-18-53(19-17-52)22-26-7-9-28(10-8-26)56-24-32(37(50-56)39(44)45)47-41(59)31-21-46-55-15-13-35(48-40(31)55)54-23-30-20-29(54)25-62-30/h2,4,6,13,15,21,24,26,28-30,34,39H,7-12,14,16-20,22-23,25H2,1H3,(H,47,59)(H,49,58,60)/t26-,28-,29-,30-,34?/m0/s1. The summed E-state index contributed by atoms with van der Waals surface area (Å²) in [6.45, 7) is 6.50. The lowest BCUT2D eigenvalue weighted by Crippen LogP contribution is -2.48.